The number of nitriles is 1. The molecule has 2 saturated carbocycles. The van der Waals surface area contributed by atoms with Gasteiger partial charge in [-0.25, -0.2) is 15.0 Å². The molecule has 0 aromatic carbocycles. The molecule has 4 aromatic heterocycles. The second kappa shape index (κ2) is 8.85. The van der Waals surface area contributed by atoms with Crippen molar-refractivity contribution in [2.45, 2.75) is 58.2 Å². The Kier molecular flexibility index (Phi) is 5.60. The van der Waals surface area contributed by atoms with Crippen LogP contribution in [0.25, 0.3) is 22.1 Å². The third kappa shape index (κ3) is 3.99. The van der Waals surface area contributed by atoms with Crippen LogP contribution in [0.15, 0.2) is 12.4 Å². The maximum atomic E-state index is 13.7. The Labute approximate surface area is 217 Å². The van der Waals surface area contributed by atoms with Gasteiger partial charge in [0.2, 0.25) is 0 Å². The predicted octanol–water partition coefficient (Wildman–Crippen LogP) is 3.47. The number of aryl methyl sites for hydroxylation is 3. The van der Waals surface area contributed by atoms with E-state index in [0.717, 1.165) is 36.6 Å². The number of nitrogens with zero attached hydrogens (tertiary/aromatic N) is 7. The summed E-state index contributed by atoms with van der Waals surface area (Å²) in [6.07, 6.45) is 6.05. The second-order valence-electron chi connectivity index (χ2n) is 9.60. The summed E-state index contributed by atoms with van der Waals surface area (Å²) in [5, 5.41) is 16.0. The maximum Gasteiger partial charge on any atom is 0.271 e. The first kappa shape index (κ1) is 23.4. The zero-order valence-corrected chi connectivity index (χ0v) is 21.7. The number of rotatable bonds is 8. The molecule has 11 nitrogen and oxygen atoms in total. The summed E-state index contributed by atoms with van der Waals surface area (Å²) in [5.41, 5.74) is 3.46. The number of thiazole rings is 1. The van der Waals surface area contributed by atoms with Gasteiger partial charge in [0.05, 0.1) is 23.6 Å². The number of amides is 2. The van der Waals surface area contributed by atoms with Crippen molar-refractivity contribution in [1.82, 2.24) is 34.3 Å². The smallest absolute Gasteiger partial charge is 0.271 e. The molecule has 0 aliphatic heterocycles. The lowest BCUT2D eigenvalue weighted by molar-refractivity contribution is 0.0719. The minimum Gasteiger partial charge on any atom is -0.338 e. The van der Waals surface area contributed by atoms with Crippen LogP contribution in [0.5, 0.6) is 0 Å². The quantitative estimate of drug-likeness (QED) is 0.342. The highest BCUT2D eigenvalue weighted by Gasteiger charge is 2.43. The lowest BCUT2D eigenvalue weighted by Gasteiger charge is -2.22. The Morgan fingerprint density at radius 2 is 1.97 bits per heavy atom. The minimum absolute atomic E-state index is 0.0697. The van der Waals surface area contributed by atoms with Gasteiger partial charge in [-0.15, -0.1) is 0 Å². The fourth-order valence-electron chi connectivity index (χ4n) is 4.93. The number of anilines is 2. The van der Waals surface area contributed by atoms with E-state index < -0.39 is 0 Å². The molecule has 2 aliphatic rings. The Morgan fingerprint density at radius 3 is 2.62 bits per heavy atom. The summed E-state index contributed by atoms with van der Waals surface area (Å²) in [7, 11) is 1.93. The molecule has 2 amide bonds. The number of carbonyl (C=O) groups excluding carboxylic acids is 2. The van der Waals surface area contributed by atoms with Crippen LogP contribution in [-0.4, -0.2) is 59.4 Å². The first-order chi connectivity index (χ1) is 17.9. The van der Waals surface area contributed by atoms with Crippen molar-refractivity contribution in [3.05, 3.63) is 28.7 Å². The molecule has 2 fully saturated rings. The summed E-state index contributed by atoms with van der Waals surface area (Å²) in [6.45, 7) is 4.30. The SMILES string of the molecule is CCn1c(C(=O)N(C2CC2)C2CC2)cc2c3c(ncn3C)c(Nc3nc(C)c(C(=O)NCC#N)s3)nc21. The van der Waals surface area contributed by atoms with Crippen LogP contribution in [0.1, 0.15) is 58.5 Å². The van der Waals surface area contributed by atoms with Crippen molar-refractivity contribution < 1.29 is 9.59 Å². The van der Waals surface area contributed by atoms with Crippen LogP contribution in [0.4, 0.5) is 10.9 Å². The van der Waals surface area contributed by atoms with E-state index in [-0.39, 0.29) is 18.4 Å². The average molecular weight is 518 g/mol. The van der Waals surface area contributed by atoms with Crippen LogP contribution in [0.2, 0.25) is 0 Å². The molecule has 0 bridgehead atoms. The molecule has 190 valence electrons. The van der Waals surface area contributed by atoms with Gasteiger partial charge in [-0.3, -0.25) is 9.59 Å². The maximum absolute atomic E-state index is 13.7. The number of hydrogen-bond acceptors (Lipinski definition) is 8. The van der Waals surface area contributed by atoms with Crippen molar-refractivity contribution in [2.24, 2.45) is 7.05 Å². The predicted molar refractivity (Wildman–Crippen MR) is 140 cm³/mol. The fourth-order valence-corrected chi connectivity index (χ4v) is 5.81. The van der Waals surface area contributed by atoms with Gasteiger partial charge in [0.25, 0.3) is 11.8 Å². The summed E-state index contributed by atoms with van der Waals surface area (Å²) in [4.78, 5) is 42.7. The van der Waals surface area contributed by atoms with Crippen LogP contribution in [0, 0.1) is 18.3 Å². The molecule has 4 aromatic rings. The molecule has 0 spiro atoms. The zero-order valence-electron chi connectivity index (χ0n) is 20.9. The van der Waals surface area contributed by atoms with E-state index in [2.05, 4.69) is 25.5 Å². The van der Waals surface area contributed by atoms with Gasteiger partial charge < -0.3 is 24.7 Å². The second-order valence-corrected chi connectivity index (χ2v) is 10.6. The first-order valence-electron chi connectivity index (χ1n) is 12.5. The van der Waals surface area contributed by atoms with E-state index in [1.54, 1.807) is 13.3 Å². The number of carbonyl (C=O) groups is 2. The molecule has 0 atom stereocenters. The standard InChI is InChI=1S/C25H27N9O2S/c1-4-33-17(24(36)34(14-5-6-14)15-7-8-15)11-16-19-18(28-12-32(19)3)21(30-22(16)33)31-25-29-13(2)20(37-25)23(35)27-10-9-26/h11-12,14-15H,4-8,10H2,1-3H3,(H,27,35)(H,29,30,31). The Hall–Kier alpha value is -3.98. The number of nitrogens with one attached hydrogen (secondary N) is 2. The summed E-state index contributed by atoms with van der Waals surface area (Å²) >= 11 is 1.19. The van der Waals surface area contributed by atoms with E-state index in [1.165, 1.54) is 11.3 Å². The van der Waals surface area contributed by atoms with E-state index >= 15 is 0 Å². The highest BCUT2D eigenvalue weighted by Crippen LogP contribution is 2.40. The van der Waals surface area contributed by atoms with Gasteiger partial charge in [0.15, 0.2) is 10.9 Å². The van der Waals surface area contributed by atoms with Crippen LogP contribution < -0.4 is 10.6 Å². The topological polar surface area (TPSA) is 134 Å². The summed E-state index contributed by atoms with van der Waals surface area (Å²) < 4.78 is 3.92. The molecule has 2 N–H and O–H groups in total. The highest BCUT2D eigenvalue weighted by molar-refractivity contribution is 7.17. The number of imidazole rings is 1. The summed E-state index contributed by atoms with van der Waals surface area (Å²) in [6, 6.07) is 4.59. The van der Waals surface area contributed by atoms with Crippen molar-refractivity contribution in [3.8, 4) is 6.07 Å². The van der Waals surface area contributed by atoms with Gasteiger partial charge in [-0.1, -0.05) is 11.3 Å². The Balaban J connectivity index is 1.43. The van der Waals surface area contributed by atoms with Crippen LogP contribution >= 0.6 is 11.3 Å². The number of pyridine rings is 1. The molecule has 6 rings (SSSR count). The summed E-state index contributed by atoms with van der Waals surface area (Å²) in [5.74, 6) is 0.252. The average Bonchev–Trinajstić information content (AvgIpc) is 3.79. The third-order valence-corrected chi connectivity index (χ3v) is 7.98. The molecule has 2 aliphatic carbocycles. The van der Waals surface area contributed by atoms with E-state index in [1.807, 2.05) is 35.2 Å². The largest absolute Gasteiger partial charge is 0.338 e. The molecule has 0 radical (unpaired) electrons. The van der Waals surface area contributed by atoms with E-state index in [0.29, 0.717) is 57.0 Å². The molecule has 0 unspecified atom stereocenters. The number of aromatic nitrogens is 5. The molecule has 0 saturated heterocycles. The number of hydrogen-bond donors (Lipinski definition) is 2. The first-order valence-corrected chi connectivity index (χ1v) is 13.3. The molecular weight excluding hydrogens is 490 g/mol. The van der Waals surface area contributed by atoms with Gasteiger partial charge >= 0.3 is 0 Å². The van der Waals surface area contributed by atoms with Crippen LogP contribution in [-0.2, 0) is 13.6 Å². The lowest BCUT2D eigenvalue weighted by atomic mass is 10.2. The lowest BCUT2D eigenvalue weighted by Crippen LogP contribution is -2.36. The van der Waals surface area contributed by atoms with Crippen LogP contribution in [0.3, 0.4) is 0 Å². The number of fused-ring (bicyclic) bond motifs is 3. The normalized spacial score (nSPS) is 15.2. The minimum atomic E-state index is -0.338. The fraction of sp³-hybridized carbons (Fsp3) is 0.440. The molecular formula is C25H27N9O2S. The Morgan fingerprint density at radius 1 is 1.24 bits per heavy atom. The van der Waals surface area contributed by atoms with Gasteiger partial charge in [-0.2, -0.15) is 5.26 Å². The van der Waals surface area contributed by atoms with E-state index in [9.17, 15) is 9.59 Å². The van der Waals surface area contributed by atoms with E-state index in [4.69, 9.17) is 10.2 Å². The van der Waals surface area contributed by atoms with Gasteiger partial charge in [0.1, 0.15) is 28.3 Å². The molecule has 37 heavy (non-hydrogen) atoms. The van der Waals surface area contributed by atoms with Crippen molar-refractivity contribution in [3.63, 3.8) is 0 Å². The third-order valence-electron chi connectivity index (χ3n) is 6.91. The van der Waals surface area contributed by atoms with Crippen molar-refractivity contribution in [2.75, 3.05) is 11.9 Å². The monoisotopic (exact) mass is 517 g/mol. The van der Waals surface area contributed by atoms with Gasteiger partial charge in [-0.05, 0) is 45.6 Å². The zero-order chi connectivity index (χ0) is 25.8. The van der Waals surface area contributed by atoms with Gasteiger partial charge in [0, 0.05) is 31.1 Å². The highest BCUT2D eigenvalue weighted by atomic mass is 32.1. The Bertz CT molecular complexity index is 1590. The molecule has 4 heterocycles. The van der Waals surface area contributed by atoms with Crippen molar-refractivity contribution in [1.29, 1.82) is 5.26 Å². The van der Waals surface area contributed by atoms with Crippen molar-refractivity contribution >= 4 is 56.2 Å². The molecule has 12 heteroatoms.